The van der Waals surface area contributed by atoms with E-state index in [9.17, 15) is 0 Å². The molecule has 1 aromatic heterocycles. The van der Waals surface area contributed by atoms with Gasteiger partial charge >= 0.3 is 0 Å². The Balaban J connectivity index is 1.74. The van der Waals surface area contributed by atoms with Gasteiger partial charge in [-0.15, -0.1) is 0 Å². The van der Waals surface area contributed by atoms with E-state index in [2.05, 4.69) is 36.3 Å². The fraction of sp³-hybridized carbons (Fsp3) is 0.500. The molecule has 25 heavy (non-hydrogen) atoms. The maximum atomic E-state index is 5.99. The first-order valence-corrected chi connectivity index (χ1v) is 8.91. The molecule has 136 valence electrons. The van der Waals surface area contributed by atoms with Gasteiger partial charge in [0.1, 0.15) is 18.1 Å². The van der Waals surface area contributed by atoms with Crippen molar-refractivity contribution in [1.29, 1.82) is 0 Å². The van der Waals surface area contributed by atoms with Crippen molar-refractivity contribution in [3.8, 4) is 5.75 Å². The van der Waals surface area contributed by atoms with E-state index in [1.54, 1.807) is 6.21 Å². The van der Waals surface area contributed by atoms with Crippen molar-refractivity contribution in [3.05, 3.63) is 46.3 Å². The maximum absolute atomic E-state index is 5.99. The molecule has 1 heterocycles. The number of aromatic nitrogens is 1. The standard InChI is InChI=1S/C20H28N2O3/c1-5-24-21-14-18-11-15(2)20(16(3)12-18)23-10-8-6-7-9-19-13-17(4)22-25-19/h11-14H,5-10H2,1-4H3. The van der Waals surface area contributed by atoms with Crippen molar-refractivity contribution < 1.29 is 14.1 Å². The van der Waals surface area contributed by atoms with Crippen LogP contribution in [0.3, 0.4) is 0 Å². The first kappa shape index (κ1) is 19.0. The van der Waals surface area contributed by atoms with Crippen LogP contribution in [0, 0.1) is 20.8 Å². The first-order chi connectivity index (χ1) is 12.1. The van der Waals surface area contributed by atoms with Crippen molar-refractivity contribution in [2.24, 2.45) is 5.16 Å². The van der Waals surface area contributed by atoms with E-state index in [1.807, 2.05) is 19.9 Å². The Bertz CT molecular complexity index is 669. The quantitative estimate of drug-likeness (QED) is 0.354. The highest BCUT2D eigenvalue weighted by Crippen LogP contribution is 2.24. The zero-order chi connectivity index (χ0) is 18.1. The van der Waals surface area contributed by atoms with E-state index in [4.69, 9.17) is 14.1 Å². The molecule has 1 aromatic carbocycles. The molecule has 0 N–H and O–H groups in total. The summed E-state index contributed by atoms with van der Waals surface area (Å²) in [5.41, 5.74) is 4.21. The molecule has 2 rings (SSSR count). The molecule has 0 aliphatic carbocycles. The monoisotopic (exact) mass is 344 g/mol. The number of oxime groups is 1. The lowest BCUT2D eigenvalue weighted by Crippen LogP contribution is -2.02. The number of hydrogen-bond donors (Lipinski definition) is 0. The zero-order valence-corrected chi connectivity index (χ0v) is 15.7. The lowest BCUT2D eigenvalue weighted by molar-refractivity contribution is 0.160. The predicted octanol–water partition coefficient (Wildman–Crippen LogP) is 4.76. The van der Waals surface area contributed by atoms with Crippen LogP contribution in [0.5, 0.6) is 5.75 Å². The van der Waals surface area contributed by atoms with Crippen LogP contribution in [0.25, 0.3) is 0 Å². The van der Waals surface area contributed by atoms with E-state index in [1.165, 1.54) is 0 Å². The molecular formula is C20H28N2O3. The summed E-state index contributed by atoms with van der Waals surface area (Å²) in [6.45, 7) is 9.28. The van der Waals surface area contributed by atoms with Gasteiger partial charge in [0.15, 0.2) is 0 Å². The van der Waals surface area contributed by atoms with Gasteiger partial charge in [-0.2, -0.15) is 0 Å². The van der Waals surface area contributed by atoms with Gasteiger partial charge in [-0.25, -0.2) is 0 Å². The van der Waals surface area contributed by atoms with Gasteiger partial charge in [0.25, 0.3) is 0 Å². The molecule has 0 unspecified atom stereocenters. The number of aryl methyl sites for hydroxylation is 4. The largest absolute Gasteiger partial charge is 0.493 e. The minimum atomic E-state index is 0.575. The van der Waals surface area contributed by atoms with Crippen molar-refractivity contribution in [3.63, 3.8) is 0 Å². The normalized spacial score (nSPS) is 11.2. The van der Waals surface area contributed by atoms with E-state index in [-0.39, 0.29) is 0 Å². The number of rotatable bonds is 10. The van der Waals surface area contributed by atoms with E-state index >= 15 is 0 Å². The lowest BCUT2D eigenvalue weighted by atomic mass is 10.1. The third kappa shape index (κ3) is 6.25. The third-order valence-corrected chi connectivity index (χ3v) is 3.88. The second-order valence-corrected chi connectivity index (χ2v) is 6.23. The minimum absolute atomic E-state index is 0.575. The molecule has 0 bridgehead atoms. The van der Waals surface area contributed by atoms with E-state index < -0.39 is 0 Å². The van der Waals surface area contributed by atoms with Crippen LogP contribution >= 0.6 is 0 Å². The lowest BCUT2D eigenvalue weighted by Gasteiger charge is -2.13. The smallest absolute Gasteiger partial charge is 0.136 e. The molecule has 0 fully saturated rings. The summed E-state index contributed by atoms with van der Waals surface area (Å²) in [6, 6.07) is 6.13. The van der Waals surface area contributed by atoms with Crippen LogP contribution < -0.4 is 4.74 Å². The highest BCUT2D eigenvalue weighted by Gasteiger charge is 2.06. The van der Waals surface area contributed by atoms with Gasteiger partial charge in [-0.1, -0.05) is 10.3 Å². The molecule has 0 amide bonds. The van der Waals surface area contributed by atoms with Crippen molar-refractivity contribution in [2.45, 2.75) is 53.4 Å². The molecular weight excluding hydrogens is 316 g/mol. The number of ether oxygens (including phenoxy) is 1. The van der Waals surface area contributed by atoms with Crippen molar-refractivity contribution in [1.82, 2.24) is 5.16 Å². The van der Waals surface area contributed by atoms with Crippen LogP contribution in [0.2, 0.25) is 0 Å². The van der Waals surface area contributed by atoms with Crippen LogP contribution in [-0.2, 0) is 11.3 Å². The molecule has 0 saturated carbocycles. The van der Waals surface area contributed by atoms with Gasteiger partial charge in [0, 0.05) is 12.5 Å². The average Bonchev–Trinajstić information content (AvgIpc) is 2.98. The van der Waals surface area contributed by atoms with Crippen LogP contribution in [0.1, 0.15) is 54.3 Å². The Labute approximate surface area is 150 Å². The maximum Gasteiger partial charge on any atom is 0.136 e. The second-order valence-electron chi connectivity index (χ2n) is 6.23. The third-order valence-electron chi connectivity index (χ3n) is 3.88. The number of nitrogens with zero attached hydrogens (tertiary/aromatic N) is 2. The molecule has 0 aliphatic rings. The average molecular weight is 344 g/mol. The van der Waals surface area contributed by atoms with E-state index in [0.29, 0.717) is 6.61 Å². The van der Waals surface area contributed by atoms with Crippen molar-refractivity contribution >= 4 is 6.21 Å². The molecule has 0 spiro atoms. The van der Waals surface area contributed by atoms with Gasteiger partial charge in [-0.05, 0) is 75.8 Å². The summed E-state index contributed by atoms with van der Waals surface area (Å²) in [5, 5.41) is 7.82. The summed E-state index contributed by atoms with van der Waals surface area (Å²) in [5.74, 6) is 1.94. The molecule has 0 atom stereocenters. The van der Waals surface area contributed by atoms with Crippen LogP contribution in [-0.4, -0.2) is 24.6 Å². The Kier molecular flexibility index (Phi) is 7.51. The zero-order valence-electron chi connectivity index (χ0n) is 15.7. The minimum Gasteiger partial charge on any atom is -0.493 e. The highest BCUT2D eigenvalue weighted by atomic mass is 16.6. The van der Waals surface area contributed by atoms with Crippen LogP contribution in [0.15, 0.2) is 27.9 Å². The Morgan fingerprint density at radius 2 is 1.84 bits per heavy atom. The van der Waals surface area contributed by atoms with Crippen molar-refractivity contribution in [2.75, 3.05) is 13.2 Å². The van der Waals surface area contributed by atoms with E-state index in [0.717, 1.165) is 66.2 Å². The molecule has 5 heteroatoms. The van der Waals surface area contributed by atoms with Gasteiger partial charge in [0.05, 0.1) is 18.5 Å². The molecule has 0 radical (unpaired) electrons. The fourth-order valence-electron chi connectivity index (χ4n) is 2.75. The summed E-state index contributed by atoms with van der Waals surface area (Å²) in [4.78, 5) is 5.01. The topological polar surface area (TPSA) is 56.9 Å². The van der Waals surface area contributed by atoms with Crippen LogP contribution in [0.4, 0.5) is 0 Å². The Morgan fingerprint density at radius 3 is 2.48 bits per heavy atom. The molecule has 5 nitrogen and oxygen atoms in total. The molecule has 0 saturated heterocycles. The number of hydrogen-bond acceptors (Lipinski definition) is 5. The number of unbranched alkanes of at least 4 members (excludes halogenated alkanes) is 2. The number of benzene rings is 1. The molecule has 2 aromatic rings. The Morgan fingerprint density at radius 1 is 1.08 bits per heavy atom. The Hall–Kier alpha value is -2.30. The van der Waals surface area contributed by atoms with Gasteiger partial charge < -0.3 is 14.1 Å². The highest BCUT2D eigenvalue weighted by molar-refractivity contribution is 5.80. The van der Waals surface area contributed by atoms with Gasteiger partial charge in [0.2, 0.25) is 0 Å². The summed E-state index contributed by atoms with van der Waals surface area (Å²) in [7, 11) is 0. The molecule has 0 aliphatic heterocycles. The summed E-state index contributed by atoms with van der Waals surface area (Å²) in [6.07, 6.45) is 5.89. The fourth-order valence-corrected chi connectivity index (χ4v) is 2.75. The first-order valence-electron chi connectivity index (χ1n) is 8.91. The van der Waals surface area contributed by atoms with Gasteiger partial charge in [-0.3, -0.25) is 0 Å². The predicted molar refractivity (Wildman–Crippen MR) is 99.4 cm³/mol. The second kappa shape index (κ2) is 9.87. The summed E-state index contributed by atoms with van der Waals surface area (Å²) >= 11 is 0. The SMILES string of the molecule is CCON=Cc1cc(C)c(OCCCCCc2cc(C)no2)c(C)c1. The summed E-state index contributed by atoms with van der Waals surface area (Å²) < 4.78 is 11.2.